The Morgan fingerprint density at radius 1 is 1.37 bits per heavy atom. The quantitative estimate of drug-likeness (QED) is 0.775. The number of rotatable bonds is 2. The number of hydrogen-bond donors (Lipinski definition) is 1. The molecule has 0 aliphatic rings. The average Bonchev–Trinajstić information content (AvgIpc) is 2.96. The maximum atomic E-state index is 12.1. The van der Waals surface area contributed by atoms with Gasteiger partial charge in [-0.15, -0.1) is 10.2 Å². The Hall–Kier alpha value is -2.28. The van der Waals surface area contributed by atoms with Gasteiger partial charge < -0.3 is 0 Å². The number of fused-ring (bicyclic) bond motifs is 1. The third-order valence-corrected chi connectivity index (χ3v) is 3.51. The normalized spacial score (nSPS) is 10.8. The highest BCUT2D eigenvalue weighted by molar-refractivity contribution is 7.15. The summed E-state index contributed by atoms with van der Waals surface area (Å²) in [5.74, 6) is -0.195. The van der Waals surface area contributed by atoms with E-state index in [9.17, 15) is 4.79 Å². The molecule has 0 bridgehead atoms. The van der Waals surface area contributed by atoms with Gasteiger partial charge in [-0.25, -0.2) is 0 Å². The lowest BCUT2D eigenvalue weighted by atomic mass is 10.1. The van der Waals surface area contributed by atoms with Crippen LogP contribution in [-0.2, 0) is 7.05 Å². The Morgan fingerprint density at radius 3 is 2.95 bits per heavy atom. The van der Waals surface area contributed by atoms with Crippen LogP contribution >= 0.6 is 11.3 Å². The van der Waals surface area contributed by atoms with E-state index in [1.807, 2.05) is 26.1 Å². The van der Waals surface area contributed by atoms with E-state index in [1.165, 1.54) is 11.3 Å². The van der Waals surface area contributed by atoms with Gasteiger partial charge in [0.1, 0.15) is 5.01 Å². The van der Waals surface area contributed by atoms with Crippen LogP contribution in [0.3, 0.4) is 0 Å². The molecule has 0 saturated carbocycles. The summed E-state index contributed by atoms with van der Waals surface area (Å²) in [5.41, 5.74) is 1.49. The summed E-state index contributed by atoms with van der Waals surface area (Å²) in [6, 6.07) is 5.46. The Morgan fingerprint density at radius 2 is 2.21 bits per heavy atom. The van der Waals surface area contributed by atoms with Crippen LogP contribution in [0.25, 0.3) is 10.9 Å². The first-order valence-electron chi connectivity index (χ1n) is 5.67. The van der Waals surface area contributed by atoms with Gasteiger partial charge in [0.05, 0.1) is 11.7 Å². The minimum absolute atomic E-state index is 0.195. The molecule has 6 nitrogen and oxygen atoms in total. The molecule has 3 aromatic rings. The second-order valence-corrected chi connectivity index (χ2v) is 5.30. The largest absolute Gasteiger partial charge is 0.296 e. The molecule has 0 unspecified atom stereocenters. The van der Waals surface area contributed by atoms with Crippen LogP contribution in [0, 0.1) is 6.92 Å². The number of benzene rings is 1. The summed E-state index contributed by atoms with van der Waals surface area (Å²) in [7, 11) is 1.85. The molecule has 0 fully saturated rings. The molecule has 1 N–H and O–H groups in total. The summed E-state index contributed by atoms with van der Waals surface area (Å²) in [5, 5.41) is 16.9. The Kier molecular flexibility index (Phi) is 2.75. The standard InChI is InChI=1S/C12H11N5OS/c1-7-15-16-12(19-7)14-11(18)8-3-4-9-6-13-17(2)10(9)5-8/h3-6H,1-2H3,(H,14,16,18). The molecule has 0 atom stereocenters. The van der Waals surface area contributed by atoms with E-state index in [1.54, 1.807) is 16.9 Å². The fourth-order valence-electron chi connectivity index (χ4n) is 1.80. The lowest BCUT2D eigenvalue weighted by molar-refractivity contribution is 0.102. The Labute approximate surface area is 113 Å². The molecule has 2 aromatic heterocycles. The third-order valence-electron chi connectivity index (χ3n) is 2.76. The maximum Gasteiger partial charge on any atom is 0.257 e. The zero-order valence-corrected chi connectivity index (χ0v) is 11.2. The van der Waals surface area contributed by atoms with E-state index in [-0.39, 0.29) is 5.91 Å². The Balaban J connectivity index is 1.90. The smallest absolute Gasteiger partial charge is 0.257 e. The number of aromatic nitrogens is 4. The van der Waals surface area contributed by atoms with Crippen molar-refractivity contribution in [3.05, 3.63) is 35.0 Å². The first-order chi connectivity index (χ1) is 9.13. The highest BCUT2D eigenvalue weighted by atomic mass is 32.1. The van der Waals surface area contributed by atoms with E-state index >= 15 is 0 Å². The number of amides is 1. The van der Waals surface area contributed by atoms with E-state index in [0.29, 0.717) is 10.7 Å². The van der Waals surface area contributed by atoms with Crippen molar-refractivity contribution < 1.29 is 4.79 Å². The van der Waals surface area contributed by atoms with Crippen LogP contribution in [0.2, 0.25) is 0 Å². The lowest BCUT2D eigenvalue weighted by Gasteiger charge is -2.02. The third kappa shape index (κ3) is 2.19. The summed E-state index contributed by atoms with van der Waals surface area (Å²) < 4.78 is 1.74. The van der Waals surface area contributed by atoms with Gasteiger partial charge in [-0.05, 0) is 19.1 Å². The highest BCUT2D eigenvalue weighted by Crippen LogP contribution is 2.18. The molecule has 0 radical (unpaired) electrons. The number of carbonyl (C=O) groups excluding carboxylic acids is 1. The van der Waals surface area contributed by atoms with E-state index < -0.39 is 0 Å². The predicted molar refractivity (Wildman–Crippen MR) is 73.3 cm³/mol. The number of nitrogens with zero attached hydrogens (tertiary/aromatic N) is 4. The molecule has 96 valence electrons. The zero-order chi connectivity index (χ0) is 13.4. The topological polar surface area (TPSA) is 72.7 Å². The lowest BCUT2D eigenvalue weighted by Crippen LogP contribution is -2.11. The summed E-state index contributed by atoms with van der Waals surface area (Å²) in [6.45, 7) is 1.84. The molecular formula is C12H11N5OS. The molecule has 19 heavy (non-hydrogen) atoms. The number of anilines is 1. The van der Waals surface area contributed by atoms with Gasteiger partial charge in [0, 0.05) is 18.0 Å². The SMILES string of the molecule is Cc1nnc(NC(=O)c2ccc3cnn(C)c3c2)s1. The fraction of sp³-hybridized carbons (Fsp3) is 0.167. The van der Waals surface area contributed by atoms with E-state index in [2.05, 4.69) is 20.6 Å². The van der Waals surface area contributed by atoms with E-state index in [4.69, 9.17) is 0 Å². The van der Waals surface area contributed by atoms with Crippen LogP contribution in [-0.4, -0.2) is 25.9 Å². The van der Waals surface area contributed by atoms with Gasteiger partial charge >= 0.3 is 0 Å². The average molecular weight is 273 g/mol. The van der Waals surface area contributed by atoms with Crippen LogP contribution in [0.5, 0.6) is 0 Å². The monoisotopic (exact) mass is 273 g/mol. The minimum Gasteiger partial charge on any atom is -0.296 e. The summed E-state index contributed by atoms with van der Waals surface area (Å²) >= 11 is 1.35. The van der Waals surface area contributed by atoms with Crippen LogP contribution in [0.1, 0.15) is 15.4 Å². The van der Waals surface area contributed by atoms with Crippen molar-refractivity contribution in [3.8, 4) is 0 Å². The minimum atomic E-state index is -0.195. The van der Waals surface area contributed by atoms with Gasteiger partial charge in [-0.3, -0.25) is 14.8 Å². The number of carbonyl (C=O) groups is 1. The molecule has 0 spiro atoms. The molecule has 2 heterocycles. The van der Waals surface area contributed by atoms with E-state index in [0.717, 1.165) is 15.9 Å². The summed E-state index contributed by atoms with van der Waals surface area (Å²) in [4.78, 5) is 12.1. The molecule has 0 saturated heterocycles. The molecular weight excluding hydrogens is 262 g/mol. The second kappa shape index (κ2) is 4.43. The molecule has 0 aliphatic carbocycles. The zero-order valence-electron chi connectivity index (χ0n) is 10.4. The number of hydrogen-bond acceptors (Lipinski definition) is 5. The summed E-state index contributed by atoms with van der Waals surface area (Å²) in [6.07, 6.45) is 1.77. The molecule has 1 amide bonds. The van der Waals surface area contributed by atoms with Gasteiger partial charge in [0.25, 0.3) is 5.91 Å². The first kappa shape index (κ1) is 11.8. The molecule has 1 aromatic carbocycles. The van der Waals surface area contributed by atoms with Gasteiger partial charge in [0.15, 0.2) is 0 Å². The number of aryl methyl sites for hydroxylation is 2. The van der Waals surface area contributed by atoms with Gasteiger partial charge in [0.2, 0.25) is 5.13 Å². The Bertz CT molecular complexity index is 760. The van der Waals surface area contributed by atoms with Crippen LogP contribution in [0.4, 0.5) is 5.13 Å². The van der Waals surface area contributed by atoms with Crippen molar-refractivity contribution in [1.29, 1.82) is 0 Å². The van der Waals surface area contributed by atoms with Crippen molar-refractivity contribution in [2.24, 2.45) is 7.05 Å². The number of nitrogens with one attached hydrogen (secondary N) is 1. The van der Waals surface area contributed by atoms with Crippen LogP contribution < -0.4 is 5.32 Å². The van der Waals surface area contributed by atoms with Crippen molar-refractivity contribution in [1.82, 2.24) is 20.0 Å². The molecule has 7 heteroatoms. The van der Waals surface area contributed by atoms with Crippen molar-refractivity contribution >= 4 is 33.3 Å². The van der Waals surface area contributed by atoms with Gasteiger partial charge in [-0.2, -0.15) is 5.10 Å². The predicted octanol–water partition coefficient (Wildman–Crippen LogP) is 1.99. The molecule has 0 aliphatic heterocycles. The highest BCUT2D eigenvalue weighted by Gasteiger charge is 2.10. The van der Waals surface area contributed by atoms with Crippen LogP contribution in [0.15, 0.2) is 24.4 Å². The fourth-order valence-corrected chi connectivity index (χ4v) is 2.39. The maximum absolute atomic E-state index is 12.1. The second-order valence-electron chi connectivity index (χ2n) is 4.12. The van der Waals surface area contributed by atoms with Gasteiger partial charge in [-0.1, -0.05) is 17.4 Å². The van der Waals surface area contributed by atoms with Crippen molar-refractivity contribution in [2.45, 2.75) is 6.92 Å². The van der Waals surface area contributed by atoms with Crippen molar-refractivity contribution in [3.63, 3.8) is 0 Å². The molecule has 3 rings (SSSR count). The van der Waals surface area contributed by atoms with Crippen molar-refractivity contribution in [2.75, 3.05) is 5.32 Å². The first-order valence-corrected chi connectivity index (χ1v) is 6.48.